The van der Waals surface area contributed by atoms with Gasteiger partial charge in [-0.15, -0.1) is 0 Å². The van der Waals surface area contributed by atoms with Crippen molar-refractivity contribution in [1.82, 2.24) is 4.90 Å². The number of amides is 3. The van der Waals surface area contributed by atoms with Crippen LogP contribution in [0.1, 0.15) is 17.9 Å². The Kier molecular flexibility index (Phi) is 5.16. The van der Waals surface area contributed by atoms with Crippen molar-refractivity contribution < 1.29 is 23.2 Å². The Morgan fingerprint density at radius 2 is 1.93 bits per heavy atom. The number of likely N-dealkylation sites (N-methyl/N-ethyl adjacent to an activating group) is 1. The zero-order valence-electron chi connectivity index (χ0n) is 14.5. The van der Waals surface area contributed by atoms with Gasteiger partial charge >= 0.3 is 0 Å². The van der Waals surface area contributed by atoms with E-state index in [4.69, 9.17) is 0 Å². The molecule has 0 fully saturated rings. The van der Waals surface area contributed by atoms with Crippen molar-refractivity contribution in [2.75, 3.05) is 24.2 Å². The molecule has 1 heterocycles. The summed E-state index contributed by atoms with van der Waals surface area (Å²) >= 11 is 0. The van der Waals surface area contributed by atoms with E-state index in [1.807, 2.05) is 0 Å². The van der Waals surface area contributed by atoms with Gasteiger partial charge in [0, 0.05) is 24.8 Å². The molecule has 3 amide bonds. The first-order valence-corrected chi connectivity index (χ1v) is 8.23. The second kappa shape index (κ2) is 7.53. The van der Waals surface area contributed by atoms with Crippen LogP contribution < -0.4 is 10.6 Å². The van der Waals surface area contributed by atoms with Crippen LogP contribution in [0.25, 0.3) is 0 Å². The third-order valence-corrected chi connectivity index (χ3v) is 4.22. The summed E-state index contributed by atoms with van der Waals surface area (Å²) in [4.78, 5) is 37.9. The molecule has 2 aromatic rings. The smallest absolute Gasteiger partial charge is 0.243 e. The van der Waals surface area contributed by atoms with Crippen LogP contribution in [-0.2, 0) is 14.4 Å². The van der Waals surface area contributed by atoms with Gasteiger partial charge in [-0.1, -0.05) is 12.1 Å². The molecule has 6 nitrogen and oxygen atoms in total. The first kappa shape index (κ1) is 18.5. The molecule has 1 unspecified atom stereocenters. The van der Waals surface area contributed by atoms with Crippen molar-refractivity contribution in [3.63, 3.8) is 0 Å². The maximum Gasteiger partial charge on any atom is 0.243 e. The fraction of sp³-hybridized carbons (Fsp3) is 0.211. The second-order valence-electron chi connectivity index (χ2n) is 6.29. The van der Waals surface area contributed by atoms with Crippen LogP contribution in [-0.4, -0.2) is 36.2 Å². The van der Waals surface area contributed by atoms with Gasteiger partial charge in [-0.05, 0) is 35.9 Å². The molecule has 0 aromatic heterocycles. The highest BCUT2D eigenvalue weighted by Gasteiger charge is 2.33. The van der Waals surface area contributed by atoms with Crippen LogP contribution in [0, 0.1) is 11.6 Å². The van der Waals surface area contributed by atoms with Crippen LogP contribution in [0.5, 0.6) is 0 Å². The lowest BCUT2D eigenvalue weighted by Gasteiger charge is -2.28. The van der Waals surface area contributed by atoms with Gasteiger partial charge in [0.2, 0.25) is 17.7 Å². The van der Waals surface area contributed by atoms with E-state index < -0.39 is 35.3 Å². The SMILES string of the molecule is CN(CC(=O)Nc1cccc(F)c1)C(=O)C1CC(=O)Nc2cc(F)ccc21. The number of carbonyl (C=O) groups is 3. The number of halogens is 2. The molecular weight excluding hydrogens is 356 g/mol. The minimum absolute atomic E-state index is 0.0900. The molecule has 3 rings (SSSR count). The van der Waals surface area contributed by atoms with Gasteiger partial charge in [0.05, 0.1) is 12.5 Å². The van der Waals surface area contributed by atoms with Gasteiger partial charge in [-0.3, -0.25) is 14.4 Å². The maximum atomic E-state index is 13.4. The number of nitrogens with one attached hydrogen (secondary N) is 2. The van der Waals surface area contributed by atoms with Crippen LogP contribution in [0.4, 0.5) is 20.2 Å². The number of carbonyl (C=O) groups excluding carboxylic acids is 3. The van der Waals surface area contributed by atoms with Crippen molar-refractivity contribution in [3.8, 4) is 0 Å². The van der Waals surface area contributed by atoms with E-state index in [-0.39, 0.29) is 24.3 Å². The van der Waals surface area contributed by atoms with E-state index in [0.717, 1.165) is 12.1 Å². The van der Waals surface area contributed by atoms with E-state index in [1.54, 1.807) is 0 Å². The molecule has 0 saturated carbocycles. The summed E-state index contributed by atoms with van der Waals surface area (Å²) in [6.45, 7) is -0.274. The number of benzene rings is 2. The number of hydrogen-bond acceptors (Lipinski definition) is 3. The predicted molar refractivity (Wildman–Crippen MR) is 95.1 cm³/mol. The number of nitrogens with zero attached hydrogens (tertiary/aromatic N) is 1. The maximum absolute atomic E-state index is 13.4. The summed E-state index contributed by atoms with van der Waals surface area (Å²) in [5, 5.41) is 5.04. The summed E-state index contributed by atoms with van der Waals surface area (Å²) < 4.78 is 26.6. The Hall–Kier alpha value is -3.29. The molecule has 2 aromatic carbocycles. The van der Waals surface area contributed by atoms with Gasteiger partial charge in [-0.25, -0.2) is 8.78 Å². The molecule has 0 aliphatic carbocycles. The minimum atomic E-state index is -0.804. The molecule has 2 N–H and O–H groups in total. The predicted octanol–water partition coefficient (Wildman–Crippen LogP) is 2.49. The van der Waals surface area contributed by atoms with Crippen molar-refractivity contribution in [2.45, 2.75) is 12.3 Å². The number of rotatable bonds is 4. The van der Waals surface area contributed by atoms with Crippen molar-refractivity contribution >= 4 is 29.1 Å². The monoisotopic (exact) mass is 373 g/mol. The van der Waals surface area contributed by atoms with Gasteiger partial charge in [-0.2, -0.15) is 0 Å². The highest BCUT2D eigenvalue weighted by Crippen LogP contribution is 2.33. The Morgan fingerprint density at radius 3 is 2.67 bits per heavy atom. The summed E-state index contributed by atoms with van der Waals surface area (Å²) in [5.74, 6) is -3.16. The Morgan fingerprint density at radius 1 is 1.19 bits per heavy atom. The molecule has 27 heavy (non-hydrogen) atoms. The van der Waals surface area contributed by atoms with Gasteiger partial charge < -0.3 is 15.5 Å². The Bertz CT molecular complexity index is 917. The van der Waals surface area contributed by atoms with Crippen LogP contribution in [0.2, 0.25) is 0 Å². The molecule has 0 spiro atoms. The summed E-state index contributed by atoms with van der Waals surface area (Å²) in [6.07, 6.45) is -0.0900. The minimum Gasteiger partial charge on any atom is -0.336 e. The van der Waals surface area contributed by atoms with Crippen molar-refractivity contribution in [3.05, 3.63) is 59.7 Å². The third-order valence-electron chi connectivity index (χ3n) is 4.22. The standard InChI is InChI=1S/C19H17F2N3O3/c1-24(10-18(26)22-13-4-2-3-11(20)7-13)19(27)15-9-17(25)23-16-8-12(21)5-6-14(15)16/h2-8,15H,9-10H2,1H3,(H,22,26)(H,23,25). The highest BCUT2D eigenvalue weighted by molar-refractivity contribution is 6.02. The quantitative estimate of drug-likeness (QED) is 0.864. The zero-order valence-corrected chi connectivity index (χ0v) is 14.5. The fourth-order valence-electron chi connectivity index (χ4n) is 2.98. The van der Waals surface area contributed by atoms with Crippen LogP contribution >= 0.6 is 0 Å². The second-order valence-corrected chi connectivity index (χ2v) is 6.29. The van der Waals surface area contributed by atoms with E-state index >= 15 is 0 Å². The lowest BCUT2D eigenvalue weighted by molar-refractivity contribution is -0.136. The molecule has 8 heteroatoms. The number of hydrogen-bond donors (Lipinski definition) is 2. The van der Waals surface area contributed by atoms with Gasteiger partial charge in [0.25, 0.3) is 0 Å². The van der Waals surface area contributed by atoms with E-state index in [1.165, 1.54) is 42.3 Å². The summed E-state index contributed by atoms with van der Waals surface area (Å²) in [5.41, 5.74) is 1.03. The first-order chi connectivity index (χ1) is 12.8. The Labute approximate surface area is 154 Å². The first-order valence-electron chi connectivity index (χ1n) is 8.23. The van der Waals surface area contributed by atoms with Gasteiger partial charge in [0.1, 0.15) is 11.6 Å². The normalized spacial score (nSPS) is 15.5. The average molecular weight is 373 g/mol. The molecule has 0 bridgehead atoms. The number of fused-ring (bicyclic) bond motifs is 1. The van der Waals surface area contributed by atoms with Crippen LogP contribution in [0.15, 0.2) is 42.5 Å². The van der Waals surface area contributed by atoms with Crippen molar-refractivity contribution in [1.29, 1.82) is 0 Å². The fourth-order valence-corrected chi connectivity index (χ4v) is 2.98. The molecule has 140 valence electrons. The molecule has 1 aliphatic heterocycles. The molecule has 0 radical (unpaired) electrons. The lowest BCUT2D eigenvalue weighted by Crippen LogP contribution is -2.40. The average Bonchev–Trinajstić information content (AvgIpc) is 2.59. The zero-order chi connectivity index (χ0) is 19.6. The van der Waals surface area contributed by atoms with E-state index in [9.17, 15) is 23.2 Å². The molecular formula is C19H17F2N3O3. The van der Waals surface area contributed by atoms with Crippen LogP contribution in [0.3, 0.4) is 0 Å². The third kappa shape index (κ3) is 4.28. The summed E-state index contributed by atoms with van der Waals surface area (Å²) in [7, 11) is 1.43. The lowest BCUT2D eigenvalue weighted by atomic mass is 9.89. The summed E-state index contributed by atoms with van der Waals surface area (Å²) in [6, 6.07) is 9.22. The highest BCUT2D eigenvalue weighted by atomic mass is 19.1. The number of anilines is 2. The van der Waals surface area contributed by atoms with Crippen molar-refractivity contribution in [2.24, 2.45) is 0 Å². The molecule has 1 aliphatic rings. The Balaban J connectivity index is 1.70. The molecule has 0 saturated heterocycles. The molecule has 1 atom stereocenters. The topological polar surface area (TPSA) is 78.5 Å². The van der Waals surface area contributed by atoms with E-state index in [0.29, 0.717) is 5.56 Å². The van der Waals surface area contributed by atoms with E-state index in [2.05, 4.69) is 10.6 Å². The largest absolute Gasteiger partial charge is 0.336 e. The van der Waals surface area contributed by atoms with Gasteiger partial charge in [0.15, 0.2) is 0 Å².